The summed E-state index contributed by atoms with van der Waals surface area (Å²) >= 11 is 0. The fourth-order valence-electron chi connectivity index (χ4n) is 4.08. The minimum atomic E-state index is -0.388. The van der Waals surface area contributed by atoms with Crippen LogP contribution in [0.4, 0.5) is 5.69 Å². The molecule has 1 aliphatic heterocycles. The quantitative estimate of drug-likeness (QED) is 0.780. The van der Waals surface area contributed by atoms with Crippen molar-refractivity contribution in [2.75, 3.05) is 11.4 Å². The molecule has 1 saturated carbocycles. The number of amides is 3. The Balaban J connectivity index is 1.59. The molecule has 2 aromatic carbocycles. The molecule has 4 rings (SSSR count). The zero-order valence-electron chi connectivity index (χ0n) is 15.1. The summed E-state index contributed by atoms with van der Waals surface area (Å²) in [5, 5.41) is 0. The van der Waals surface area contributed by atoms with Gasteiger partial charge in [-0.25, -0.2) is 0 Å². The van der Waals surface area contributed by atoms with Crippen molar-refractivity contribution in [1.29, 1.82) is 0 Å². The van der Waals surface area contributed by atoms with E-state index >= 15 is 0 Å². The molecule has 0 spiro atoms. The smallest absolute Gasteiger partial charge is 0.262 e. The first kappa shape index (κ1) is 17.5. The van der Waals surface area contributed by atoms with Crippen LogP contribution in [0.3, 0.4) is 0 Å². The lowest BCUT2D eigenvalue weighted by molar-refractivity contribution is -0.119. The van der Waals surface area contributed by atoms with Gasteiger partial charge >= 0.3 is 0 Å². The van der Waals surface area contributed by atoms with Crippen molar-refractivity contribution in [3.63, 3.8) is 0 Å². The topological polar surface area (TPSA) is 57.7 Å². The van der Waals surface area contributed by atoms with Crippen LogP contribution in [-0.4, -0.2) is 35.2 Å². The Kier molecular flexibility index (Phi) is 4.75. The Labute approximate surface area is 158 Å². The summed E-state index contributed by atoms with van der Waals surface area (Å²) in [4.78, 5) is 41.3. The molecule has 5 heteroatoms. The number of benzene rings is 2. The Morgan fingerprint density at radius 3 is 2.00 bits per heavy atom. The van der Waals surface area contributed by atoms with Crippen LogP contribution in [0.5, 0.6) is 0 Å². The highest BCUT2D eigenvalue weighted by Crippen LogP contribution is 2.29. The molecular formula is C22H22N2O3. The molecule has 1 fully saturated rings. The van der Waals surface area contributed by atoms with E-state index in [2.05, 4.69) is 0 Å². The number of anilines is 1. The van der Waals surface area contributed by atoms with Gasteiger partial charge in [-0.15, -0.1) is 0 Å². The summed E-state index contributed by atoms with van der Waals surface area (Å²) < 4.78 is 0. The van der Waals surface area contributed by atoms with Crippen LogP contribution in [0.15, 0.2) is 54.6 Å². The number of fused-ring (bicyclic) bond motifs is 1. The number of hydrogen-bond donors (Lipinski definition) is 0. The van der Waals surface area contributed by atoms with Gasteiger partial charge in [0.15, 0.2) is 0 Å². The fourth-order valence-corrected chi connectivity index (χ4v) is 4.08. The number of hydrogen-bond acceptors (Lipinski definition) is 3. The van der Waals surface area contributed by atoms with Crippen LogP contribution < -0.4 is 4.90 Å². The highest BCUT2D eigenvalue weighted by atomic mass is 16.2. The van der Waals surface area contributed by atoms with Crippen LogP contribution in [0, 0.1) is 0 Å². The van der Waals surface area contributed by atoms with Gasteiger partial charge in [-0.05, 0) is 37.1 Å². The second kappa shape index (κ2) is 7.35. The predicted octanol–water partition coefficient (Wildman–Crippen LogP) is 3.65. The molecule has 0 unspecified atom stereocenters. The molecule has 27 heavy (non-hydrogen) atoms. The van der Waals surface area contributed by atoms with E-state index in [0.717, 1.165) is 36.3 Å². The molecule has 0 saturated heterocycles. The van der Waals surface area contributed by atoms with Gasteiger partial charge in [0, 0.05) is 11.7 Å². The number of nitrogens with zero attached hydrogens (tertiary/aromatic N) is 2. The molecule has 0 bridgehead atoms. The predicted molar refractivity (Wildman–Crippen MR) is 103 cm³/mol. The van der Waals surface area contributed by atoms with Crippen LogP contribution in [-0.2, 0) is 4.79 Å². The molecule has 1 aliphatic carbocycles. The van der Waals surface area contributed by atoms with Gasteiger partial charge in [0.2, 0.25) is 5.91 Å². The van der Waals surface area contributed by atoms with Crippen LogP contribution >= 0.6 is 0 Å². The van der Waals surface area contributed by atoms with Crippen molar-refractivity contribution >= 4 is 23.4 Å². The summed E-state index contributed by atoms with van der Waals surface area (Å²) in [6.45, 7) is -0.224. The summed E-state index contributed by atoms with van der Waals surface area (Å²) in [5.41, 5.74) is 1.57. The number of carbonyl (C=O) groups is 3. The third-order valence-electron chi connectivity index (χ3n) is 5.41. The van der Waals surface area contributed by atoms with E-state index in [0.29, 0.717) is 11.1 Å². The first-order valence-electron chi connectivity index (χ1n) is 9.49. The normalized spacial score (nSPS) is 17.1. The molecule has 5 nitrogen and oxygen atoms in total. The maximum atomic E-state index is 13.2. The monoisotopic (exact) mass is 362 g/mol. The van der Waals surface area contributed by atoms with Crippen molar-refractivity contribution < 1.29 is 14.4 Å². The maximum absolute atomic E-state index is 13.2. The Morgan fingerprint density at radius 1 is 0.852 bits per heavy atom. The lowest BCUT2D eigenvalue weighted by atomic mass is 9.93. The van der Waals surface area contributed by atoms with E-state index in [9.17, 15) is 14.4 Å². The highest BCUT2D eigenvalue weighted by molar-refractivity contribution is 6.22. The minimum absolute atomic E-state index is 0.115. The minimum Gasteiger partial charge on any atom is -0.308 e. The molecule has 0 aromatic heterocycles. The Morgan fingerprint density at radius 2 is 1.41 bits per heavy atom. The maximum Gasteiger partial charge on any atom is 0.262 e. The van der Waals surface area contributed by atoms with E-state index < -0.39 is 0 Å². The van der Waals surface area contributed by atoms with E-state index in [4.69, 9.17) is 0 Å². The molecule has 0 N–H and O–H groups in total. The molecule has 2 aliphatic rings. The summed E-state index contributed by atoms with van der Waals surface area (Å²) in [7, 11) is 0. The van der Waals surface area contributed by atoms with Crippen molar-refractivity contribution in [2.45, 2.75) is 38.1 Å². The summed E-state index contributed by atoms with van der Waals surface area (Å²) in [6, 6.07) is 16.4. The lowest BCUT2D eigenvalue weighted by Gasteiger charge is -2.35. The molecule has 0 atom stereocenters. The molecular weight excluding hydrogens is 340 g/mol. The van der Waals surface area contributed by atoms with E-state index in [1.165, 1.54) is 6.42 Å². The molecule has 0 radical (unpaired) electrons. The van der Waals surface area contributed by atoms with E-state index in [1.54, 1.807) is 29.2 Å². The average Bonchev–Trinajstić information content (AvgIpc) is 2.95. The van der Waals surface area contributed by atoms with E-state index in [-0.39, 0.29) is 30.3 Å². The second-order valence-corrected chi connectivity index (χ2v) is 7.13. The van der Waals surface area contributed by atoms with Crippen molar-refractivity contribution in [3.05, 3.63) is 65.7 Å². The zero-order valence-corrected chi connectivity index (χ0v) is 15.1. The van der Waals surface area contributed by atoms with Gasteiger partial charge in [-0.2, -0.15) is 0 Å². The Hall–Kier alpha value is -2.95. The Bertz CT molecular complexity index is 837. The van der Waals surface area contributed by atoms with Gasteiger partial charge < -0.3 is 4.90 Å². The molecule has 1 heterocycles. The first-order chi connectivity index (χ1) is 13.2. The second-order valence-electron chi connectivity index (χ2n) is 7.13. The third kappa shape index (κ3) is 3.25. The van der Waals surface area contributed by atoms with E-state index in [1.807, 2.05) is 30.3 Å². The van der Waals surface area contributed by atoms with Gasteiger partial charge in [-0.3, -0.25) is 19.3 Å². The molecule has 3 amide bonds. The van der Waals surface area contributed by atoms with Gasteiger partial charge in [0.25, 0.3) is 11.8 Å². The first-order valence-corrected chi connectivity index (χ1v) is 9.49. The van der Waals surface area contributed by atoms with Gasteiger partial charge in [0.05, 0.1) is 11.1 Å². The molecule has 2 aromatic rings. The van der Waals surface area contributed by atoms with Crippen molar-refractivity contribution in [2.24, 2.45) is 0 Å². The van der Waals surface area contributed by atoms with Gasteiger partial charge in [0.1, 0.15) is 6.54 Å². The fraction of sp³-hybridized carbons (Fsp3) is 0.318. The number of carbonyl (C=O) groups excluding carboxylic acids is 3. The summed E-state index contributed by atoms with van der Waals surface area (Å²) in [6.07, 6.45) is 5.26. The number of imide groups is 1. The average molecular weight is 362 g/mol. The summed E-state index contributed by atoms with van der Waals surface area (Å²) in [5.74, 6) is -0.983. The van der Waals surface area contributed by atoms with Gasteiger partial charge in [-0.1, -0.05) is 49.6 Å². The third-order valence-corrected chi connectivity index (χ3v) is 5.41. The zero-order chi connectivity index (χ0) is 18.8. The standard InChI is InChI=1S/C22H22N2O3/c25-20(15-23-21(26)18-13-7-8-14-19(18)22(23)27)24(16-9-3-1-4-10-16)17-11-5-2-6-12-17/h1,3-4,7-10,13-14,17H,2,5-6,11-12,15H2. The van der Waals surface area contributed by atoms with Crippen LogP contribution in [0.25, 0.3) is 0 Å². The molecule has 138 valence electrons. The SMILES string of the molecule is O=C1c2ccccc2C(=O)N1CC(=O)N(c1ccccc1)C1CCCCC1. The van der Waals surface area contributed by atoms with Crippen LogP contribution in [0.1, 0.15) is 52.8 Å². The highest BCUT2D eigenvalue weighted by Gasteiger charge is 2.38. The number of rotatable bonds is 4. The van der Waals surface area contributed by atoms with Crippen LogP contribution in [0.2, 0.25) is 0 Å². The lowest BCUT2D eigenvalue weighted by Crippen LogP contribution is -2.48. The van der Waals surface area contributed by atoms with Crippen molar-refractivity contribution in [3.8, 4) is 0 Å². The largest absolute Gasteiger partial charge is 0.308 e. The number of para-hydroxylation sites is 1. The van der Waals surface area contributed by atoms with Crippen molar-refractivity contribution in [1.82, 2.24) is 4.90 Å².